The van der Waals surface area contributed by atoms with E-state index in [9.17, 15) is 23.2 Å². The van der Waals surface area contributed by atoms with Crippen LogP contribution < -0.4 is 21.3 Å². The molecule has 10 heteroatoms. The lowest BCUT2D eigenvalue weighted by Gasteiger charge is -2.09. The van der Waals surface area contributed by atoms with E-state index in [0.717, 1.165) is 17.1 Å². The second-order valence-electron chi connectivity index (χ2n) is 8.64. The Balaban J connectivity index is 1.43. The number of aromatic amines is 1. The number of carbonyl (C=O) groups excluding carboxylic acids is 2. The number of unbranched alkanes of at least 4 members (excludes halogenated alkanes) is 1. The summed E-state index contributed by atoms with van der Waals surface area (Å²) in [7, 11) is 0. The number of allylic oxidation sites excluding steroid dienone is 1. The Morgan fingerprint density at radius 2 is 1.95 bits per heavy atom. The van der Waals surface area contributed by atoms with E-state index in [0.29, 0.717) is 24.1 Å². The molecular formula is C28H26F2N4O4. The van der Waals surface area contributed by atoms with Crippen LogP contribution in [-0.4, -0.2) is 21.4 Å². The molecule has 2 aromatic carbocycles. The molecule has 0 aliphatic carbocycles. The number of nitrogens with two attached hydrogens (primary N) is 1. The van der Waals surface area contributed by atoms with Gasteiger partial charge >= 0.3 is 0 Å². The Kier molecular flexibility index (Phi) is 8.32. The Hall–Kier alpha value is -4.73. The molecule has 8 nitrogen and oxygen atoms in total. The van der Waals surface area contributed by atoms with Gasteiger partial charge in [0, 0.05) is 35.3 Å². The monoisotopic (exact) mass is 520 g/mol. The van der Waals surface area contributed by atoms with Crippen molar-refractivity contribution >= 4 is 28.4 Å². The molecule has 0 unspecified atom stereocenters. The van der Waals surface area contributed by atoms with Crippen LogP contribution in [0.3, 0.4) is 0 Å². The van der Waals surface area contributed by atoms with Crippen molar-refractivity contribution in [2.24, 2.45) is 5.73 Å². The van der Waals surface area contributed by atoms with Gasteiger partial charge in [0.1, 0.15) is 29.7 Å². The second kappa shape index (κ2) is 12.0. The minimum absolute atomic E-state index is 0.0811. The number of carbonyl (C=O) groups is 2. The molecule has 4 N–H and O–H groups in total. The smallest absolute Gasteiger partial charge is 0.274 e. The van der Waals surface area contributed by atoms with E-state index in [1.807, 2.05) is 12.1 Å². The molecule has 4 rings (SSSR count). The number of amides is 2. The SMILES string of the molecule is NC(=O)/C=C/CCCC(=O)Nc1cccn(Cc2cc3cccc(OCc4ccc(F)cc4F)c3[nH]2)c1=O. The van der Waals surface area contributed by atoms with Crippen molar-refractivity contribution in [2.45, 2.75) is 32.4 Å². The average molecular weight is 521 g/mol. The van der Waals surface area contributed by atoms with Gasteiger partial charge in [-0.05, 0) is 55.3 Å². The molecule has 196 valence electrons. The number of fused-ring (bicyclic) bond motifs is 1. The van der Waals surface area contributed by atoms with E-state index in [4.69, 9.17) is 10.5 Å². The van der Waals surface area contributed by atoms with E-state index < -0.39 is 17.5 Å². The minimum atomic E-state index is -0.685. The van der Waals surface area contributed by atoms with Crippen molar-refractivity contribution in [1.29, 1.82) is 0 Å². The van der Waals surface area contributed by atoms with Gasteiger partial charge in [-0.15, -0.1) is 0 Å². The Morgan fingerprint density at radius 1 is 1.11 bits per heavy atom. The van der Waals surface area contributed by atoms with Gasteiger partial charge in [-0.2, -0.15) is 0 Å². The largest absolute Gasteiger partial charge is 0.487 e. The van der Waals surface area contributed by atoms with Crippen molar-refractivity contribution < 1.29 is 23.1 Å². The molecule has 0 aliphatic heterocycles. The van der Waals surface area contributed by atoms with Gasteiger partial charge < -0.3 is 25.3 Å². The summed E-state index contributed by atoms with van der Waals surface area (Å²) in [5.74, 6) is -1.71. The van der Waals surface area contributed by atoms with Crippen LogP contribution in [0.5, 0.6) is 5.75 Å². The average Bonchev–Trinajstić information content (AvgIpc) is 3.29. The summed E-state index contributed by atoms with van der Waals surface area (Å²) in [6, 6.07) is 13.8. The van der Waals surface area contributed by atoms with Gasteiger partial charge in [-0.25, -0.2) is 8.78 Å². The van der Waals surface area contributed by atoms with Crippen LogP contribution in [0.2, 0.25) is 0 Å². The highest BCUT2D eigenvalue weighted by atomic mass is 19.1. The molecule has 38 heavy (non-hydrogen) atoms. The van der Waals surface area contributed by atoms with Crippen molar-refractivity contribution in [3.05, 3.63) is 106 Å². The number of para-hydroxylation sites is 1. The fourth-order valence-corrected chi connectivity index (χ4v) is 3.92. The topological polar surface area (TPSA) is 119 Å². The van der Waals surface area contributed by atoms with Crippen molar-refractivity contribution in [3.63, 3.8) is 0 Å². The molecule has 0 radical (unpaired) electrons. The summed E-state index contributed by atoms with van der Waals surface area (Å²) >= 11 is 0. The van der Waals surface area contributed by atoms with Gasteiger partial charge in [0.15, 0.2) is 0 Å². The number of H-pyrrole nitrogens is 1. The van der Waals surface area contributed by atoms with Crippen molar-refractivity contribution in [3.8, 4) is 5.75 Å². The van der Waals surface area contributed by atoms with Crippen molar-refractivity contribution in [2.75, 3.05) is 5.32 Å². The number of aromatic nitrogens is 2. The molecular weight excluding hydrogens is 494 g/mol. The van der Waals surface area contributed by atoms with Crippen LogP contribution in [-0.2, 0) is 22.7 Å². The zero-order valence-corrected chi connectivity index (χ0v) is 20.4. The van der Waals surface area contributed by atoms with E-state index in [2.05, 4.69) is 10.3 Å². The van der Waals surface area contributed by atoms with E-state index in [1.54, 1.807) is 30.5 Å². The van der Waals surface area contributed by atoms with Gasteiger partial charge in [0.2, 0.25) is 11.8 Å². The number of benzene rings is 2. The maximum absolute atomic E-state index is 14.0. The predicted octanol–water partition coefficient (Wildman–Crippen LogP) is 4.39. The maximum atomic E-state index is 14.0. The van der Waals surface area contributed by atoms with Crippen LogP contribution >= 0.6 is 0 Å². The Labute approximate surface area is 216 Å². The minimum Gasteiger partial charge on any atom is -0.487 e. The summed E-state index contributed by atoms with van der Waals surface area (Å²) in [6.07, 6.45) is 5.67. The number of hydrogen-bond donors (Lipinski definition) is 3. The molecule has 0 fully saturated rings. The molecule has 2 amide bonds. The molecule has 2 aromatic heterocycles. The quantitative estimate of drug-likeness (QED) is 0.201. The predicted molar refractivity (Wildman–Crippen MR) is 140 cm³/mol. The zero-order chi connectivity index (χ0) is 27.1. The van der Waals surface area contributed by atoms with Crippen LogP contribution in [0.4, 0.5) is 14.5 Å². The number of nitrogens with zero attached hydrogens (tertiary/aromatic N) is 1. The summed E-state index contributed by atoms with van der Waals surface area (Å²) in [5.41, 5.74) is 6.43. The summed E-state index contributed by atoms with van der Waals surface area (Å²) in [4.78, 5) is 39.1. The van der Waals surface area contributed by atoms with E-state index in [1.165, 1.54) is 28.8 Å². The number of hydrogen-bond acceptors (Lipinski definition) is 4. The second-order valence-corrected chi connectivity index (χ2v) is 8.64. The van der Waals surface area contributed by atoms with Gasteiger partial charge in [-0.3, -0.25) is 14.4 Å². The van der Waals surface area contributed by atoms with Crippen LogP contribution in [0.1, 0.15) is 30.5 Å². The summed E-state index contributed by atoms with van der Waals surface area (Å²) in [6.45, 7) is 0.128. The normalized spacial score (nSPS) is 11.2. The molecule has 0 spiro atoms. The number of pyridine rings is 1. The third-order valence-electron chi connectivity index (χ3n) is 5.76. The standard InChI is InChI=1S/C28H26F2N4O4/c29-20-12-11-19(22(30)15-20)17-38-24-8-4-6-18-14-21(32-27(18)24)16-34-13-5-7-23(28(34)37)33-26(36)10-3-1-2-9-25(31)35/h2,4-9,11-15,32H,1,3,10,16-17H2,(H2,31,35)(H,33,36)/b9-2+. The summed E-state index contributed by atoms with van der Waals surface area (Å²) in [5, 5.41) is 3.47. The summed E-state index contributed by atoms with van der Waals surface area (Å²) < 4.78 is 34.4. The number of ether oxygens (including phenoxy) is 1. The lowest BCUT2D eigenvalue weighted by molar-refractivity contribution is -0.116. The first-order chi connectivity index (χ1) is 18.3. The number of halogens is 2. The fourth-order valence-electron chi connectivity index (χ4n) is 3.92. The third-order valence-corrected chi connectivity index (χ3v) is 5.76. The lowest BCUT2D eigenvalue weighted by Crippen LogP contribution is -2.25. The number of rotatable bonds is 11. The van der Waals surface area contributed by atoms with Crippen LogP contribution in [0.15, 0.2) is 77.7 Å². The molecule has 0 saturated heterocycles. The van der Waals surface area contributed by atoms with Gasteiger partial charge in [0.05, 0.1) is 12.1 Å². The Bertz CT molecular complexity index is 1560. The fraction of sp³-hybridized carbons (Fsp3) is 0.179. The lowest BCUT2D eigenvalue weighted by atomic mass is 10.2. The number of anilines is 1. The first kappa shape index (κ1) is 26.3. The third kappa shape index (κ3) is 6.73. The van der Waals surface area contributed by atoms with E-state index in [-0.39, 0.29) is 42.3 Å². The number of primary amides is 1. The van der Waals surface area contributed by atoms with Crippen LogP contribution in [0.25, 0.3) is 10.9 Å². The highest BCUT2D eigenvalue weighted by molar-refractivity contribution is 5.90. The molecule has 2 heterocycles. The highest BCUT2D eigenvalue weighted by Gasteiger charge is 2.12. The molecule has 4 aromatic rings. The Morgan fingerprint density at radius 3 is 2.74 bits per heavy atom. The van der Waals surface area contributed by atoms with Gasteiger partial charge in [0.25, 0.3) is 5.56 Å². The molecule has 0 atom stereocenters. The van der Waals surface area contributed by atoms with E-state index >= 15 is 0 Å². The maximum Gasteiger partial charge on any atom is 0.274 e. The highest BCUT2D eigenvalue weighted by Crippen LogP contribution is 2.27. The van der Waals surface area contributed by atoms with Gasteiger partial charge in [-0.1, -0.05) is 18.2 Å². The molecule has 0 bridgehead atoms. The van der Waals surface area contributed by atoms with Crippen LogP contribution in [0, 0.1) is 11.6 Å². The first-order valence-corrected chi connectivity index (χ1v) is 11.9. The number of nitrogens with one attached hydrogen (secondary N) is 2. The molecule has 0 saturated carbocycles. The first-order valence-electron chi connectivity index (χ1n) is 11.9. The zero-order valence-electron chi connectivity index (χ0n) is 20.4. The van der Waals surface area contributed by atoms with Crippen molar-refractivity contribution in [1.82, 2.24) is 9.55 Å². The molecule has 0 aliphatic rings.